The van der Waals surface area contributed by atoms with E-state index in [-0.39, 0.29) is 12.3 Å². The molecule has 0 spiro atoms. The molecule has 0 unspecified atom stereocenters. The van der Waals surface area contributed by atoms with E-state index in [4.69, 9.17) is 32.7 Å². The Bertz CT molecular complexity index is 1120. The molecule has 1 amide bonds. The van der Waals surface area contributed by atoms with E-state index >= 15 is 0 Å². The van der Waals surface area contributed by atoms with Crippen LogP contribution in [0.4, 0.5) is 0 Å². The summed E-state index contributed by atoms with van der Waals surface area (Å²) < 4.78 is 12.5. The summed E-state index contributed by atoms with van der Waals surface area (Å²) in [5.41, 5.74) is 7.05. The highest BCUT2D eigenvalue weighted by Gasteiger charge is 2.11. The lowest BCUT2D eigenvalue weighted by Gasteiger charge is -2.10. The summed E-state index contributed by atoms with van der Waals surface area (Å²) >= 11 is 12.3. The SMILES string of the molecule is COc1ccc(CC(=O)NN=Cc2cc(C)n(-c3cc(Cl)cc(Cl)c3)c2C)cc1OC. The van der Waals surface area contributed by atoms with Crippen LogP contribution in [0.15, 0.2) is 47.6 Å². The van der Waals surface area contributed by atoms with Gasteiger partial charge in [0.25, 0.3) is 0 Å². The van der Waals surface area contributed by atoms with Crippen molar-refractivity contribution < 1.29 is 14.3 Å². The monoisotopic (exact) mass is 459 g/mol. The molecule has 0 saturated carbocycles. The highest BCUT2D eigenvalue weighted by Crippen LogP contribution is 2.28. The Kier molecular flexibility index (Phi) is 7.25. The molecule has 1 heterocycles. The summed E-state index contributed by atoms with van der Waals surface area (Å²) in [6, 6.07) is 12.7. The van der Waals surface area contributed by atoms with E-state index in [1.165, 1.54) is 0 Å². The lowest BCUT2D eigenvalue weighted by Crippen LogP contribution is -2.19. The van der Waals surface area contributed by atoms with Crippen molar-refractivity contribution in [2.75, 3.05) is 14.2 Å². The molecule has 0 fully saturated rings. The van der Waals surface area contributed by atoms with Gasteiger partial charge in [0.15, 0.2) is 11.5 Å². The van der Waals surface area contributed by atoms with Crippen molar-refractivity contribution >= 4 is 35.3 Å². The Hall–Kier alpha value is -2.96. The van der Waals surface area contributed by atoms with Gasteiger partial charge in [-0.1, -0.05) is 29.3 Å². The highest BCUT2D eigenvalue weighted by atomic mass is 35.5. The molecule has 3 rings (SSSR count). The van der Waals surface area contributed by atoms with Crippen LogP contribution in [0.2, 0.25) is 10.0 Å². The van der Waals surface area contributed by atoms with Crippen LogP contribution in [0, 0.1) is 13.8 Å². The van der Waals surface area contributed by atoms with Crippen LogP contribution >= 0.6 is 23.2 Å². The molecule has 0 radical (unpaired) electrons. The van der Waals surface area contributed by atoms with E-state index in [9.17, 15) is 4.79 Å². The van der Waals surface area contributed by atoms with Crippen LogP contribution in [-0.4, -0.2) is 30.9 Å². The van der Waals surface area contributed by atoms with E-state index in [0.717, 1.165) is 28.2 Å². The van der Waals surface area contributed by atoms with Crippen molar-refractivity contribution in [1.82, 2.24) is 9.99 Å². The average Bonchev–Trinajstić information content (AvgIpc) is 3.00. The van der Waals surface area contributed by atoms with Crippen LogP contribution in [0.5, 0.6) is 11.5 Å². The predicted octanol–water partition coefficient (Wildman–Crippen LogP) is 5.11. The topological polar surface area (TPSA) is 64.8 Å². The molecule has 1 N–H and O–H groups in total. The van der Waals surface area contributed by atoms with Gasteiger partial charge in [-0.2, -0.15) is 5.10 Å². The first kappa shape index (κ1) is 22.7. The van der Waals surface area contributed by atoms with Crippen molar-refractivity contribution in [2.24, 2.45) is 5.10 Å². The first-order valence-electron chi connectivity index (χ1n) is 9.50. The summed E-state index contributed by atoms with van der Waals surface area (Å²) in [4.78, 5) is 12.3. The minimum absolute atomic E-state index is 0.164. The number of nitrogens with zero attached hydrogens (tertiary/aromatic N) is 2. The zero-order chi connectivity index (χ0) is 22.5. The number of amides is 1. The quantitative estimate of drug-likeness (QED) is 0.394. The Balaban J connectivity index is 1.71. The summed E-state index contributed by atoms with van der Waals surface area (Å²) in [7, 11) is 3.12. The Morgan fingerprint density at radius 3 is 2.35 bits per heavy atom. The smallest absolute Gasteiger partial charge is 0.244 e. The normalized spacial score (nSPS) is 11.0. The molecule has 31 heavy (non-hydrogen) atoms. The van der Waals surface area contributed by atoms with Gasteiger partial charge in [0, 0.05) is 32.7 Å². The fraction of sp³-hybridized carbons (Fsp3) is 0.217. The second kappa shape index (κ2) is 9.90. The summed E-state index contributed by atoms with van der Waals surface area (Å²) in [5.74, 6) is 0.949. The van der Waals surface area contributed by atoms with E-state index < -0.39 is 0 Å². The number of aromatic nitrogens is 1. The van der Waals surface area contributed by atoms with Gasteiger partial charge in [-0.3, -0.25) is 4.79 Å². The van der Waals surface area contributed by atoms with Crippen LogP contribution < -0.4 is 14.9 Å². The number of ether oxygens (including phenoxy) is 2. The second-order valence-corrected chi connectivity index (χ2v) is 7.82. The van der Waals surface area contributed by atoms with Crippen LogP contribution in [0.3, 0.4) is 0 Å². The molecule has 162 valence electrons. The lowest BCUT2D eigenvalue weighted by atomic mass is 10.1. The average molecular weight is 460 g/mol. The molecule has 0 aliphatic carbocycles. The molecule has 6 nitrogen and oxygen atoms in total. The maximum Gasteiger partial charge on any atom is 0.244 e. The molecule has 0 aliphatic rings. The Labute approximate surface area is 191 Å². The Morgan fingerprint density at radius 2 is 1.71 bits per heavy atom. The fourth-order valence-electron chi connectivity index (χ4n) is 3.37. The number of halogens is 2. The summed E-state index contributed by atoms with van der Waals surface area (Å²) in [5, 5.41) is 5.24. The minimum Gasteiger partial charge on any atom is -0.493 e. The lowest BCUT2D eigenvalue weighted by molar-refractivity contribution is -0.120. The fourth-order valence-corrected chi connectivity index (χ4v) is 3.89. The molecular formula is C23H23Cl2N3O3. The number of aryl methyl sites for hydroxylation is 1. The summed E-state index contributed by atoms with van der Waals surface area (Å²) in [6.45, 7) is 3.95. The van der Waals surface area contributed by atoms with Crippen LogP contribution in [0.1, 0.15) is 22.5 Å². The first-order chi connectivity index (χ1) is 14.8. The van der Waals surface area contributed by atoms with Gasteiger partial charge < -0.3 is 14.0 Å². The van der Waals surface area contributed by atoms with Gasteiger partial charge in [0.2, 0.25) is 5.91 Å². The highest BCUT2D eigenvalue weighted by molar-refractivity contribution is 6.34. The van der Waals surface area contributed by atoms with Crippen molar-refractivity contribution in [3.8, 4) is 17.2 Å². The summed E-state index contributed by atoms with van der Waals surface area (Å²) in [6.07, 6.45) is 1.79. The number of benzene rings is 2. The first-order valence-corrected chi connectivity index (χ1v) is 10.3. The number of hydrogen-bond acceptors (Lipinski definition) is 4. The predicted molar refractivity (Wildman–Crippen MR) is 124 cm³/mol. The number of hydrogen-bond donors (Lipinski definition) is 1. The molecule has 3 aromatic rings. The number of carbonyl (C=O) groups is 1. The number of nitrogens with one attached hydrogen (secondary N) is 1. The van der Waals surface area contributed by atoms with E-state index in [1.54, 1.807) is 38.6 Å². The molecule has 0 aliphatic heterocycles. The van der Waals surface area contributed by atoms with Crippen molar-refractivity contribution in [1.29, 1.82) is 0 Å². The zero-order valence-electron chi connectivity index (χ0n) is 17.7. The molecule has 0 saturated heterocycles. The standard InChI is InChI=1S/C23H23Cl2N3O3/c1-14-7-17(15(2)28(14)20-11-18(24)10-19(25)12-20)13-26-27-23(29)9-16-5-6-21(30-3)22(8-16)31-4/h5-8,10-13H,9H2,1-4H3,(H,27,29). The van der Waals surface area contributed by atoms with Gasteiger partial charge in [-0.15, -0.1) is 0 Å². The number of carbonyl (C=O) groups excluding carboxylic acids is 1. The molecule has 0 atom stereocenters. The van der Waals surface area contributed by atoms with E-state index in [0.29, 0.717) is 21.5 Å². The molecule has 2 aromatic carbocycles. The van der Waals surface area contributed by atoms with Gasteiger partial charge >= 0.3 is 0 Å². The van der Waals surface area contributed by atoms with Gasteiger partial charge in [0.05, 0.1) is 26.9 Å². The third-order valence-electron chi connectivity index (χ3n) is 4.78. The largest absolute Gasteiger partial charge is 0.493 e. The van der Waals surface area contributed by atoms with E-state index in [2.05, 4.69) is 10.5 Å². The van der Waals surface area contributed by atoms with Crippen molar-refractivity contribution in [3.05, 3.63) is 75.0 Å². The van der Waals surface area contributed by atoms with Gasteiger partial charge in [0.1, 0.15) is 0 Å². The van der Waals surface area contributed by atoms with Gasteiger partial charge in [-0.05, 0) is 55.8 Å². The number of methoxy groups -OCH3 is 2. The maximum atomic E-state index is 12.3. The van der Waals surface area contributed by atoms with Gasteiger partial charge in [-0.25, -0.2) is 5.43 Å². The molecule has 1 aromatic heterocycles. The molecule has 0 bridgehead atoms. The Morgan fingerprint density at radius 1 is 1.03 bits per heavy atom. The minimum atomic E-state index is -0.237. The number of hydrazone groups is 1. The van der Waals surface area contributed by atoms with E-state index in [1.807, 2.05) is 42.7 Å². The number of rotatable bonds is 7. The van der Waals surface area contributed by atoms with Crippen LogP contribution in [-0.2, 0) is 11.2 Å². The maximum absolute atomic E-state index is 12.3. The second-order valence-electron chi connectivity index (χ2n) is 6.95. The molecule has 8 heteroatoms. The van der Waals surface area contributed by atoms with Crippen molar-refractivity contribution in [2.45, 2.75) is 20.3 Å². The zero-order valence-corrected chi connectivity index (χ0v) is 19.2. The third-order valence-corrected chi connectivity index (χ3v) is 5.22. The van der Waals surface area contributed by atoms with Crippen LogP contribution in [0.25, 0.3) is 5.69 Å². The third kappa shape index (κ3) is 5.40. The molecular weight excluding hydrogens is 437 g/mol. The van der Waals surface area contributed by atoms with Crippen molar-refractivity contribution in [3.63, 3.8) is 0 Å².